The van der Waals surface area contributed by atoms with Gasteiger partial charge in [-0.25, -0.2) is 0 Å². The highest BCUT2D eigenvalue weighted by Gasteiger charge is 2.06. The molecule has 0 saturated carbocycles. The molecule has 1 atom stereocenters. The molecule has 0 aliphatic carbocycles. The highest BCUT2D eigenvalue weighted by atomic mass is 35.5. The summed E-state index contributed by atoms with van der Waals surface area (Å²) in [4.78, 5) is 0. The second-order valence-electron chi connectivity index (χ2n) is 3.37. The summed E-state index contributed by atoms with van der Waals surface area (Å²) in [5.41, 5.74) is 1.37. The summed E-state index contributed by atoms with van der Waals surface area (Å²) in [7, 11) is 0. The molecule has 0 radical (unpaired) electrons. The Labute approximate surface area is 91.5 Å². The maximum Gasteiger partial charge on any atom is 0.0317 e. The van der Waals surface area contributed by atoms with Crippen molar-refractivity contribution in [2.24, 2.45) is 0 Å². The summed E-state index contributed by atoms with van der Waals surface area (Å²) in [6.07, 6.45) is 2.15. The van der Waals surface area contributed by atoms with Gasteiger partial charge < -0.3 is 5.32 Å². The first kappa shape index (κ1) is 11.5. The van der Waals surface area contributed by atoms with E-state index in [1.807, 2.05) is 0 Å². The highest BCUT2D eigenvalue weighted by Crippen LogP contribution is 2.15. The van der Waals surface area contributed by atoms with E-state index in [1.165, 1.54) is 5.56 Å². The smallest absolute Gasteiger partial charge is 0.0317 e. The Kier molecular flexibility index (Phi) is 5.65. The number of hydrogen-bond acceptors (Lipinski definition) is 1. The summed E-state index contributed by atoms with van der Waals surface area (Å²) in [5.74, 6) is 0.734. The van der Waals surface area contributed by atoms with Gasteiger partial charge in [-0.05, 0) is 24.9 Å². The van der Waals surface area contributed by atoms with Crippen molar-refractivity contribution in [1.29, 1.82) is 0 Å². The Morgan fingerprint density at radius 3 is 2.57 bits per heavy atom. The second-order valence-corrected chi connectivity index (χ2v) is 3.75. The molecular formula is C12H18ClN. The number of benzene rings is 1. The van der Waals surface area contributed by atoms with Gasteiger partial charge in [-0.1, -0.05) is 37.3 Å². The van der Waals surface area contributed by atoms with Crippen LogP contribution in [0, 0.1) is 0 Å². The zero-order chi connectivity index (χ0) is 10.2. The molecule has 1 aromatic rings. The van der Waals surface area contributed by atoms with Crippen molar-refractivity contribution in [3.05, 3.63) is 35.9 Å². The Balaban J connectivity index is 2.46. The summed E-state index contributed by atoms with van der Waals surface area (Å²) in [6.45, 7) is 3.20. The normalized spacial score (nSPS) is 12.7. The van der Waals surface area contributed by atoms with Crippen LogP contribution in [0.1, 0.15) is 31.4 Å². The lowest BCUT2D eigenvalue weighted by molar-refractivity contribution is 0.519. The zero-order valence-corrected chi connectivity index (χ0v) is 9.43. The van der Waals surface area contributed by atoms with Crippen LogP contribution in [0.2, 0.25) is 0 Å². The van der Waals surface area contributed by atoms with E-state index in [4.69, 9.17) is 11.6 Å². The number of rotatable bonds is 6. The van der Waals surface area contributed by atoms with Gasteiger partial charge in [-0.2, -0.15) is 0 Å². The number of nitrogens with one attached hydrogen (secondary N) is 1. The van der Waals surface area contributed by atoms with E-state index in [0.29, 0.717) is 6.04 Å². The fourth-order valence-corrected chi connectivity index (χ4v) is 1.66. The first-order valence-electron chi connectivity index (χ1n) is 5.22. The minimum Gasteiger partial charge on any atom is -0.310 e. The highest BCUT2D eigenvalue weighted by molar-refractivity contribution is 6.17. The summed E-state index contributed by atoms with van der Waals surface area (Å²) >= 11 is 5.63. The maximum absolute atomic E-state index is 5.63. The van der Waals surface area contributed by atoms with Crippen LogP contribution in [-0.4, -0.2) is 12.4 Å². The molecule has 0 saturated heterocycles. The average Bonchev–Trinajstić information content (AvgIpc) is 2.26. The lowest BCUT2D eigenvalue weighted by Gasteiger charge is -2.16. The molecule has 1 aromatic carbocycles. The summed E-state index contributed by atoms with van der Waals surface area (Å²) in [6, 6.07) is 11.0. The van der Waals surface area contributed by atoms with Gasteiger partial charge in [0, 0.05) is 11.9 Å². The lowest BCUT2D eigenvalue weighted by atomic mass is 10.0. The van der Waals surface area contributed by atoms with E-state index in [-0.39, 0.29) is 0 Å². The molecule has 0 spiro atoms. The molecule has 78 valence electrons. The third-order valence-electron chi connectivity index (χ3n) is 2.31. The van der Waals surface area contributed by atoms with E-state index in [2.05, 4.69) is 42.6 Å². The third kappa shape index (κ3) is 3.69. The third-order valence-corrected chi connectivity index (χ3v) is 2.58. The molecule has 0 fully saturated rings. The number of hydrogen-bond donors (Lipinski definition) is 1. The largest absolute Gasteiger partial charge is 0.310 e. The van der Waals surface area contributed by atoms with Gasteiger partial charge in [0.15, 0.2) is 0 Å². The van der Waals surface area contributed by atoms with Crippen molar-refractivity contribution in [3.63, 3.8) is 0 Å². The van der Waals surface area contributed by atoms with Crippen LogP contribution in [0.4, 0.5) is 0 Å². The molecule has 0 aromatic heterocycles. The van der Waals surface area contributed by atoms with Crippen LogP contribution in [0.15, 0.2) is 30.3 Å². The summed E-state index contributed by atoms with van der Waals surface area (Å²) in [5, 5.41) is 3.50. The van der Waals surface area contributed by atoms with E-state index < -0.39 is 0 Å². The lowest BCUT2D eigenvalue weighted by Crippen LogP contribution is -2.22. The molecule has 2 heteroatoms. The van der Waals surface area contributed by atoms with Crippen molar-refractivity contribution in [2.45, 2.75) is 25.8 Å². The van der Waals surface area contributed by atoms with Gasteiger partial charge in [0.2, 0.25) is 0 Å². The van der Waals surface area contributed by atoms with Gasteiger partial charge in [-0.15, -0.1) is 11.6 Å². The average molecular weight is 212 g/mol. The molecule has 0 unspecified atom stereocenters. The van der Waals surface area contributed by atoms with Crippen LogP contribution in [0.5, 0.6) is 0 Å². The molecule has 1 rings (SSSR count). The Hall–Kier alpha value is -0.530. The molecule has 0 aliphatic rings. The van der Waals surface area contributed by atoms with Gasteiger partial charge in [0.05, 0.1) is 0 Å². The van der Waals surface area contributed by atoms with E-state index in [0.717, 1.165) is 25.3 Å². The van der Waals surface area contributed by atoms with Crippen molar-refractivity contribution < 1.29 is 0 Å². The van der Waals surface area contributed by atoms with E-state index >= 15 is 0 Å². The number of halogens is 1. The Morgan fingerprint density at radius 2 is 2.00 bits per heavy atom. The quantitative estimate of drug-likeness (QED) is 0.562. The van der Waals surface area contributed by atoms with Gasteiger partial charge in [0.1, 0.15) is 0 Å². The topological polar surface area (TPSA) is 12.0 Å². The monoisotopic (exact) mass is 211 g/mol. The summed E-state index contributed by atoms with van der Waals surface area (Å²) < 4.78 is 0. The Bertz CT molecular complexity index is 235. The minimum atomic E-state index is 0.472. The molecule has 0 heterocycles. The minimum absolute atomic E-state index is 0.472. The number of alkyl halides is 1. The maximum atomic E-state index is 5.63. The van der Waals surface area contributed by atoms with Crippen molar-refractivity contribution in [2.75, 3.05) is 12.4 Å². The van der Waals surface area contributed by atoms with Crippen LogP contribution in [0.3, 0.4) is 0 Å². The van der Waals surface area contributed by atoms with Crippen LogP contribution < -0.4 is 5.32 Å². The van der Waals surface area contributed by atoms with Crippen LogP contribution in [0.25, 0.3) is 0 Å². The second kappa shape index (κ2) is 6.86. The predicted octanol–water partition coefficient (Wildman–Crippen LogP) is 3.36. The van der Waals surface area contributed by atoms with Gasteiger partial charge >= 0.3 is 0 Å². The fourth-order valence-electron chi connectivity index (χ4n) is 1.53. The molecule has 1 N–H and O–H groups in total. The SMILES string of the molecule is CC[C@H](NCCCCl)c1ccccc1. The van der Waals surface area contributed by atoms with Crippen LogP contribution in [-0.2, 0) is 0 Å². The standard InChI is InChI=1S/C12H18ClN/c1-2-12(14-10-6-9-13)11-7-4-3-5-8-11/h3-5,7-8,12,14H,2,6,9-10H2,1H3/t12-/m0/s1. The first-order valence-corrected chi connectivity index (χ1v) is 5.76. The molecule has 1 nitrogen and oxygen atoms in total. The van der Waals surface area contributed by atoms with Crippen LogP contribution >= 0.6 is 11.6 Å². The first-order chi connectivity index (χ1) is 6.88. The van der Waals surface area contributed by atoms with E-state index in [1.54, 1.807) is 0 Å². The van der Waals surface area contributed by atoms with Crippen molar-refractivity contribution in [3.8, 4) is 0 Å². The predicted molar refractivity (Wildman–Crippen MR) is 62.8 cm³/mol. The van der Waals surface area contributed by atoms with Crippen molar-refractivity contribution >= 4 is 11.6 Å². The molecule has 0 amide bonds. The molecular weight excluding hydrogens is 194 g/mol. The zero-order valence-electron chi connectivity index (χ0n) is 8.67. The van der Waals surface area contributed by atoms with Crippen molar-refractivity contribution in [1.82, 2.24) is 5.32 Å². The molecule has 0 aliphatic heterocycles. The van der Waals surface area contributed by atoms with Gasteiger partial charge in [0.25, 0.3) is 0 Å². The van der Waals surface area contributed by atoms with E-state index in [9.17, 15) is 0 Å². The molecule has 0 bridgehead atoms. The fraction of sp³-hybridized carbons (Fsp3) is 0.500. The Morgan fingerprint density at radius 1 is 1.29 bits per heavy atom. The van der Waals surface area contributed by atoms with Gasteiger partial charge in [-0.3, -0.25) is 0 Å². The molecule has 14 heavy (non-hydrogen) atoms.